The van der Waals surface area contributed by atoms with E-state index in [0.717, 1.165) is 32.1 Å². The molecule has 22 heavy (non-hydrogen) atoms. The third kappa shape index (κ3) is 2.28. The average molecular weight is 301 g/mol. The minimum absolute atomic E-state index is 0.0359. The Morgan fingerprint density at radius 3 is 2.73 bits per heavy atom. The number of hydrogen-bond donors (Lipinski definition) is 2. The van der Waals surface area contributed by atoms with Crippen LogP contribution in [-0.2, 0) is 0 Å². The monoisotopic (exact) mass is 301 g/mol. The van der Waals surface area contributed by atoms with Gasteiger partial charge in [-0.25, -0.2) is 4.98 Å². The Bertz CT molecular complexity index is 602. The van der Waals surface area contributed by atoms with Gasteiger partial charge >= 0.3 is 0 Å². The number of pyridine rings is 1. The quantitative estimate of drug-likeness (QED) is 0.893. The van der Waals surface area contributed by atoms with Crippen molar-refractivity contribution in [1.29, 1.82) is 0 Å². The van der Waals surface area contributed by atoms with Crippen LogP contribution in [0.25, 0.3) is 0 Å². The molecule has 2 atom stereocenters. The van der Waals surface area contributed by atoms with Gasteiger partial charge in [-0.15, -0.1) is 0 Å². The number of nitrogens with one attached hydrogen (secondary N) is 1. The largest absolute Gasteiger partial charge is 0.481 e. The Hall–Kier alpha value is -1.62. The van der Waals surface area contributed by atoms with Gasteiger partial charge in [0, 0.05) is 28.9 Å². The van der Waals surface area contributed by atoms with Crippen LogP contribution in [0.5, 0.6) is 5.88 Å². The van der Waals surface area contributed by atoms with Crippen LogP contribution >= 0.6 is 0 Å². The van der Waals surface area contributed by atoms with Gasteiger partial charge in [-0.05, 0) is 56.4 Å². The van der Waals surface area contributed by atoms with Crippen molar-refractivity contribution in [2.24, 2.45) is 17.6 Å². The van der Waals surface area contributed by atoms with Crippen LogP contribution < -0.4 is 15.8 Å². The number of aromatic nitrogens is 1. The van der Waals surface area contributed by atoms with Gasteiger partial charge in [0.2, 0.25) is 5.88 Å². The summed E-state index contributed by atoms with van der Waals surface area (Å²) in [6, 6.07) is 3.42. The molecule has 5 rings (SSSR count). The lowest BCUT2D eigenvalue weighted by atomic mass is 9.50. The zero-order chi connectivity index (χ0) is 15.4. The van der Waals surface area contributed by atoms with Crippen molar-refractivity contribution in [2.45, 2.75) is 49.6 Å². The summed E-state index contributed by atoms with van der Waals surface area (Å²) in [6.07, 6.45) is 8.24. The lowest BCUT2D eigenvalue weighted by Crippen LogP contribution is -2.68. The van der Waals surface area contributed by atoms with E-state index in [0.29, 0.717) is 23.3 Å². The molecule has 118 valence electrons. The van der Waals surface area contributed by atoms with Crippen molar-refractivity contribution in [3.05, 3.63) is 23.9 Å². The van der Waals surface area contributed by atoms with Gasteiger partial charge in [0.25, 0.3) is 5.91 Å². The number of hydrogen-bond acceptors (Lipinski definition) is 4. The van der Waals surface area contributed by atoms with Gasteiger partial charge in [-0.2, -0.15) is 0 Å². The van der Waals surface area contributed by atoms with E-state index in [1.165, 1.54) is 6.42 Å². The predicted molar refractivity (Wildman–Crippen MR) is 82.6 cm³/mol. The molecule has 0 aromatic carbocycles. The first kappa shape index (κ1) is 14.0. The Morgan fingerprint density at radius 2 is 2.09 bits per heavy atom. The number of carbonyl (C=O) groups is 1. The minimum atomic E-state index is -0.105. The lowest BCUT2D eigenvalue weighted by Gasteiger charge is -2.61. The van der Waals surface area contributed by atoms with Crippen LogP contribution in [0, 0.1) is 11.8 Å². The highest BCUT2D eigenvalue weighted by Crippen LogP contribution is 2.56. The lowest BCUT2D eigenvalue weighted by molar-refractivity contribution is -0.0321. The third-order valence-corrected chi connectivity index (χ3v) is 5.69. The molecule has 1 heterocycles. The number of nitrogens with two attached hydrogens (primary N) is 1. The molecule has 0 radical (unpaired) electrons. The highest BCUT2D eigenvalue weighted by atomic mass is 16.5. The Morgan fingerprint density at radius 1 is 1.36 bits per heavy atom. The van der Waals surface area contributed by atoms with Crippen molar-refractivity contribution in [3.8, 4) is 5.88 Å². The summed E-state index contributed by atoms with van der Waals surface area (Å²) in [5.74, 6) is 1.79. The van der Waals surface area contributed by atoms with Crippen LogP contribution in [0.4, 0.5) is 0 Å². The normalized spacial score (nSPS) is 38.8. The second-order valence-electron chi connectivity index (χ2n) is 7.64. The second kappa shape index (κ2) is 4.69. The van der Waals surface area contributed by atoms with E-state index in [-0.39, 0.29) is 17.0 Å². The molecule has 0 saturated heterocycles. The molecule has 4 saturated carbocycles. The van der Waals surface area contributed by atoms with E-state index in [9.17, 15) is 4.79 Å². The van der Waals surface area contributed by atoms with Gasteiger partial charge in [-0.3, -0.25) is 4.79 Å². The molecule has 0 spiro atoms. The smallest absolute Gasteiger partial charge is 0.251 e. The van der Waals surface area contributed by atoms with Gasteiger partial charge in [0.1, 0.15) is 0 Å². The summed E-state index contributed by atoms with van der Waals surface area (Å²) in [5.41, 5.74) is 7.02. The summed E-state index contributed by atoms with van der Waals surface area (Å²) in [4.78, 5) is 16.7. The maximum atomic E-state index is 12.7. The van der Waals surface area contributed by atoms with Crippen molar-refractivity contribution >= 4 is 5.91 Å². The summed E-state index contributed by atoms with van der Waals surface area (Å²) < 4.78 is 5.10. The van der Waals surface area contributed by atoms with Gasteiger partial charge < -0.3 is 15.8 Å². The fraction of sp³-hybridized carbons (Fsp3) is 0.647. The highest BCUT2D eigenvalue weighted by molar-refractivity contribution is 5.95. The van der Waals surface area contributed by atoms with Gasteiger partial charge in [-0.1, -0.05) is 0 Å². The van der Waals surface area contributed by atoms with Crippen LogP contribution in [-0.4, -0.2) is 29.1 Å². The fourth-order valence-corrected chi connectivity index (χ4v) is 5.45. The predicted octanol–water partition coefficient (Wildman–Crippen LogP) is 1.87. The molecule has 1 aromatic heterocycles. The molecule has 4 aliphatic carbocycles. The van der Waals surface area contributed by atoms with Gasteiger partial charge in [0.15, 0.2) is 0 Å². The molecule has 4 aliphatic rings. The molecule has 3 N–H and O–H groups in total. The minimum Gasteiger partial charge on any atom is -0.481 e. The molecule has 4 fully saturated rings. The Kier molecular flexibility index (Phi) is 2.98. The maximum absolute atomic E-state index is 12.7. The van der Waals surface area contributed by atoms with Crippen molar-refractivity contribution in [1.82, 2.24) is 10.3 Å². The van der Waals surface area contributed by atoms with E-state index in [1.54, 1.807) is 25.4 Å². The van der Waals surface area contributed by atoms with Crippen LogP contribution in [0.15, 0.2) is 18.3 Å². The number of carbonyl (C=O) groups excluding carboxylic acids is 1. The Balaban J connectivity index is 1.56. The number of rotatable bonds is 3. The Labute approximate surface area is 130 Å². The van der Waals surface area contributed by atoms with E-state index in [4.69, 9.17) is 10.5 Å². The molecule has 2 unspecified atom stereocenters. The molecule has 5 nitrogen and oxygen atoms in total. The molecule has 5 heteroatoms. The number of methoxy groups -OCH3 is 1. The first-order valence-electron chi connectivity index (χ1n) is 8.11. The van der Waals surface area contributed by atoms with E-state index >= 15 is 0 Å². The van der Waals surface area contributed by atoms with E-state index in [2.05, 4.69) is 10.3 Å². The van der Waals surface area contributed by atoms with Crippen molar-refractivity contribution in [2.75, 3.05) is 7.11 Å². The second-order valence-corrected chi connectivity index (χ2v) is 7.64. The molecule has 4 bridgehead atoms. The number of ether oxygens (including phenoxy) is 1. The molecular formula is C17H23N3O2. The van der Waals surface area contributed by atoms with Crippen LogP contribution in [0.2, 0.25) is 0 Å². The molecule has 1 amide bonds. The summed E-state index contributed by atoms with van der Waals surface area (Å²) in [5, 5.41) is 3.32. The summed E-state index contributed by atoms with van der Waals surface area (Å²) >= 11 is 0. The fourth-order valence-electron chi connectivity index (χ4n) is 5.45. The number of nitrogens with zero attached hydrogens (tertiary/aromatic N) is 1. The molecular weight excluding hydrogens is 278 g/mol. The van der Waals surface area contributed by atoms with Crippen LogP contribution in [0.1, 0.15) is 48.9 Å². The highest BCUT2D eigenvalue weighted by Gasteiger charge is 2.56. The maximum Gasteiger partial charge on any atom is 0.251 e. The van der Waals surface area contributed by atoms with Crippen LogP contribution in [0.3, 0.4) is 0 Å². The van der Waals surface area contributed by atoms with E-state index < -0.39 is 0 Å². The summed E-state index contributed by atoms with van der Waals surface area (Å²) in [6.45, 7) is 0. The number of amides is 1. The first-order chi connectivity index (χ1) is 10.5. The van der Waals surface area contributed by atoms with Crippen molar-refractivity contribution in [3.63, 3.8) is 0 Å². The zero-order valence-electron chi connectivity index (χ0n) is 13.0. The zero-order valence-corrected chi connectivity index (χ0v) is 13.0. The molecule has 1 aromatic rings. The van der Waals surface area contributed by atoms with E-state index in [1.807, 2.05) is 0 Å². The molecule has 0 aliphatic heterocycles. The van der Waals surface area contributed by atoms with Gasteiger partial charge in [0.05, 0.1) is 7.11 Å². The summed E-state index contributed by atoms with van der Waals surface area (Å²) in [7, 11) is 1.56. The first-order valence-corrected chi connectivity index (χ1v) is 8.11. The third-order valence-electron chi connectivity index (χ3n) is 5.69. The topological polar surface area (TPSA) is 77.2 Å². The standard InChI is InChI=1S/C17H23N3O2/c1-22-14-5-13(2-3-19-14)15(21)20-17-8-11-4-12(9-17)7-16(18,6-11)10-17/h2-3,5,11-12H,4,6-10,18H2,1H3,(H,20,21). The average Bonchev–Trinajstić information content (AvgIpc) is 2.44. The SMILES string of the molecule is COc1cc(C(=O)NC23CC4CC(CC(N)(C4)C2)C3)ccn1. The van der Waals surface area contributed by atoms with Crippen molar-refractivity contribution < 1.29 is 9.53 Å².